The number of aliphatic hydroxyl groups excluding tert-OH is 1. The summed E-state index contributed by atoms with van der Waals surface area (Å²) in [5, 5.41) is 19.9. The number of ketones is 1. The molecule has 0 aliphatic carbocycles. The molecule has 0 atom stereocenters. The lowest BCUT2D eigenvalue weighted by Crippen LogP contribution is -2.35. The normalized spacial score (nSPS) is 13.8. The van der Waals surface area contributed by atoms with Crippen molar-refractivity contribution < 1.29 is 14.7 Å². The van der Waals surface area contributed by atoms with E-state index in [1.807, 2.05) is 24.3 Å². The fraction of sp³-hybridized carbons (Fsp3) is 0.207. The van der Waals surface area contributed by atoms with Crippen molar-refractivity contribution in [2.24, 2.45) is 7.05 Å². The highest BCUT2D eigenvalue weighted by molar-refractivity contribution is 6.09. The van der Waals surface area contributed by atoms with E-state index < -0.39 is 0 Å². The van der Waals surface area contributed by atoms with Gasteiger partial charge >= 0.3 is 0 Å². The van der Waals surface area contributed by atoms with E-state index in [0.717, 1.165) is 43.0 Å². The van der Waals surface area contributed by atoms with Crippen molar-refractivity contribution in [3.63, 3.8) is 0 Å². The average molecular weight is 496 g/mol. The van der Waals surface area contributed by atoms with Crippen molar-refractivity contribution in [1.29, 1.82) is 0 Å². The third-order valence-corrected chi connectivity index (χ3v) is 6.59. The van der Waals surface area contributed by atoms with E-state index in [2.05, 4.69) is 32.8 Å². The quantitative estimate of drug-likeness (QED) is 0.324. The Labute approximate surface area is 215 Å². The van der Waals surface area contributed by atoms with Gasteiger partial charge in [-0.1, -0.05) is 0 Å². The van der Waals surface area contributed by atoms with Gasteiger partial charge in [0.25, 0.3) is 5.91 Å². The molecule has 4 aromatic rings. The van der Waals surface area contributed by atoms with Crippen molar-refractivity contribution in [2.45, 2.75) is 18.9 Å². The Morgan fingerprint density at radius 2 is 1.35 bits per heavy atom. The van der Waals surface area contributed by atoms with E-state index in [4.69, 9.17) is 0 Å². The number of hydrogen-bond acceptors (Lipinski definition) is 6. The van der Waals surface area contributed by atoms with Crippen LogP contribution in [0.25, 0.3) is 0 Å². The predicted octanol–water partition coefficient (Wildman–Crippen LogP) is 4.61. The maximum Gasteiger partial charge on any atom is 0.273 e. The number of benzene rings is 3. The second-order valence-corrected chi connectivity index (χ2v) is 9.17. The molecule has 0 saturated carbocycles. The molecule has 8 nitrogen and oxygen atoms in total. The second-order valence-electron chi connectivity index (χ2n) is 9.17. The van der Waals surface area contributed by atoms with Crippen molar-refractivity contribution in [3.05, 3.63) is 102 Å². The molecule has 3 N–H and O–H groups in total. The molecule has 1 saturated heterocycles. The predicted molar refractivity (Wildman–Crippen MR) is 145 cm³/mol. The van der Waals surface area contributed by atoms with Crippen LogP contribution in [0, 0.1) is 0 Å². The van der Waals surface area contributed by atoms with Crippen LogP contribution < -0.4 is 15.5 Å². The number of carbonyl (C=O) groups is 2. The number of aryl methyl sites for hydroxylation is 1. The highest BCUT2D eigenvalue weighted by atomic mass is 16.3. The third kappa shape index (κ3) is 5.70. The summed E-state index contributed by atoms with van der Waals surface area (Å²) in [6, 6.07) is 24.1. The Bertz CT molecular complexity index is 1370. The molecule has 0 spiro atoms. The van der Waals surface area contributed by atoms with Gasteiger partial charge in [-0.05, 0) is 91.7 Å². The van der Waals surface area contributed by atoms with Gasteiger partial charge in [-0.15, -0.1) is 0 Å². The number of aromatic nitrogens is 2. The summed E-state index contributed by atoms with van der Waals surface area (Å²) in [5.74, 6) is -0.352. The van der Waals surface area contributed by atoms with Crippen LogP contribution in [-0.2, 0) is 7.05 Å². The van der Waals surface area contributed by atoms with Gasteiger partial charge in [0.15, 0.2) is 5.78 Å². The van der Waals surface area contributed by atoms with E-state index in [9.17, 15) is 14.7 Å². The molecule has 0 bridgehead atoms. The number of anilines is 4. The fourth-order valence-electron chi connectivity index (χ4n) is 4.41. The van der Waals surface area contributed by atoms with Gasteiger partial charge in [0.2, 0.25) is 0 Å². The Morgan fingerprint density at radius 3 is 1.89 bits per heavy atom. The summed E-state index contributed by atoms with van der Waals surface area (Å²) in [4.78, 5) is 27.6. The zero-order valence-corrected chi connectivity index (χ0v) is 20.6. The van der Waals surface area contributed by atoms with Gasteiger partial charge in [0.05, 0.1) is 6.10 Å². The summed E-state index contributed by atoms with van der Waals surface area (Å²) in [7, 11) is 1.71. The molecular formula is C29H29N5O3. The molecule has 1 aromatic heterocycles. The molecule has 2 heterocycles. The Kier molecular flexibility index (Phi) is 7.00. The first-order valence-electron chi connectivity index (χ1n) is 12.3. The number of carbonyl (C=O) groups excluding carboxylic acids is 2. The van der Waals surface area contributed by atoms with Crippen molar-refractivity contribution >= 4 is 34.4 Å². The maximum atomic E-state index is 12.9. The molecule has 5 rings (SSSR count). The molecule has 1 aliphatic heterocycles. The molecular weight excluding hydrogens is 466 g/mol. The van der Waals surface area contributed by atoms with Crippen molar-refractivity contribution in [1.82, 2.24) is 9.78 Å². The third-order valence-electron chi connectivity index (χ3n) is 6.59. The first-order valence-corrected chi connectivity index (χ1v) is 12.3. The van der Waals surface area contributed by atoms with E-state index in [-0.39, 0.29) is 17.8 Å². The number of hydrogen-bond donors (Lipinski definition) is 3. The van der Waals surface area contributed by atoms with E-state index in [1.54, 1.807) is 55.7 Å². The number of amides is 1. The van der Waals surface area contributed by atoms with Crippen LogP contribution in [0.4, 0.5) is 22.7 Å². The average Bonchev–Trinajstić information content (AvgIpc) is 3.36. The van der Waals surface area contributed by atoms with Gasteiger partial charge in [-0.2, -0.15) is 5.10 Å². The molecule has 37 heavy (non-hydrogen) atoms. The lowest BCUT2D eigenvalue weighted by Gasteiger charge is -2.31. The van der Waals surface area contributed by atoms with Gasteiger partial charge in [0, 0.05) is 60.2 Å². The topological polar surface area (TPSA) is 99.5 Å². The van der Waals surface area contributed by atoms with Crippen LogP contribution in [0.3, 0.4) is 0 Å². The number of aliphatic hydroxyl groups is 1. The molecule has 1 amide bonds. The number of rotatable bonds is 7. The minimum Gasteiger partial charge on any atom is -0.393 e. The lowest BCUT2D eigenvalue weighted by atomic mass is 10.0. The SMILES string of the molecule is Cn1nccc1C(=O)Nc1ccc(C(=O)c2ccc(Nc3ccc(N4CCC(O)CC4)cc3)cc2)cc1. The van der Waals surface area contributed by atoms with Gasteiger partial charge in [-0.25, -0.2) is 0 Å². The Morgan fingerprint density at radius 1 is 0.811 bits per heavy atom. The summed E-state index contributed by atoms with van der Waals surface area (Å²) < 4.78 is 1.50. The van der Waals surface area contributed by atoms with Crippen LogP contribution in [0.15, 0.2) is 85.1 Å². The zero-order valence-electron chi connectivity index (χ0n) is 20.6. The summed E-state index contributed by atoms with van der Waals surface area (Å²) >= 11 is 0. The first kappa shape index (κ1) is 24.3. The number of nitrogens with zero attached hydrogens (tertiary/aromatic N) is 3. The number of nitrogens with one attached hydrogen (secondary N) is 2. The van der Waals surface area contributed by atoms with Crippen LogP contribution in [0.2, 0.25) is 0 Å². The van der Waals surface area contributed by atoms with Gasteiger partial charge < -0.3 is 20.6 Å². The lowest BCUT2D eigenvalue weighted by molar-refractivity contribution is 0.101. The highest BCUT2D eigenvalue weighted by Gasteiger charge is 2.17. The molecule has 8 heteroatoms. The minimum absolute atomic E-state index is 0.0907. The van der Waals surface area contributed by atoms with Crippen LogP contribution in [0.5, 0.6) is 0 Å². The molecule has 1 aliphatic rings. The largest absolute Gasteiger partial charge is 0.393 e. The van der Waals surface area contributed by atoms with E-state index >= 15 is 0 Å². The second kappa shape index (κ2) is 10.7. The van der Waals surface area contributed by atoms with Crippen LogP contribution >= 0.6 is 0 Å². The zero-order chi connectivity index (χ0) is 25.8. The molecule has 1 fully saturated rings. The summed E-state index contributed by atoms with van der Waals surface area (Å²) in [6.45, 7) is 1.73. The standard InChI is InChI=1S/C29H29N5O3/c1-33-27(14-17-30-33)29(37)32-24-8-4-21(5-9-24)28(36)20-2-6-22(7-3-20)31-23-10-12-25(13-11-23)34-18-15-26(35)16-19-34/h2-14,17,26,31,35H,15-16,18-19H2,1H3,(H,32,37). The Balaban J connectivity index is 1.18. The van der Waals surface area contributed by atoms with E-state index in [0.29, 0.717) is 22.5 Å². The van der Waals surface area contributed by atoms with Crippen molar-refractivity contribution in [3.8, 4) is 0 Å². The first-order chi connectivity index (χ1) is 18.0. The highest BCUT2D eigenvalue weighted by Crippen LogP contribution is 2.24. The van der Waals surface area contributed by atoms with Crippen LogP contribution in [0.1, 0.15) is 39.3 Å². The fourth-order valence-corrected chi connectivity index (χ4v) is 4.41. The molecule has 3 aromatic carbocycles. The van der Waals surface area contributed by atoms with Crippen molar-refractivity contribution in [2.75, 3.05) is 28.6 Å². The van der Waals surface area contributed by atoms with Crippen LogP contribution in [-0.4, -0.2) is 45.8 Å². The minimum atomic E-state index is -0.261. The summed E-state index contributed by atoms with van der Waals surface area (Å²) in [5.41, 5.74) is 5.18. The molecule has 0 unspecified atom stereocenters. The van der Waals surface area contributed by atoms with E-state index in [1.165, 1.54) is 4.68 Å². The number of piperidine rings is 1. The van der Waals surface area contributed by atoms with Gasteiger partial charge in [0.1, 0.15) is 5.69 Å². The Hall–Kier alpha value is -4.43. The maximum absolute atomic E-state index is 12.9. The monoisotopic (exact) mass is 495 g/mol. The molecule has 0 radical (unpaired) electrons. The molecule has 188 valence electrons. The van der Waals surface area contributed by atoms with Gasteiger partial charge in [-0.3, -0.25) is 14.3 Å². The summed E-state index contributed by atoms with van der Waals surface area (Å²) in [6.07, 6.45) is 2.99. The smallest absolute Gasteiger partial charge is 0.273 e.